The van der Waals surface area contributed by atoms with Gasteiger partial charge in [-0.2, -0.15) is 0 Å². The highest BCUT2D eigenvalue weighted by Gasteiger charge is 2.81. The largest absolute Gasteiger partial charge is 0.493 e. The van der Waals surface area contributed by atoms with Crippen molar-refractivity contribution in [3.05, 3.63) is 23.3 Å². The standard InChI is InChI=1S/C28H37NO4/c1-16(2)23(30)19-14-26-9-10-28(19,32-4)25-27(26)11-12-29(15-17-5-6-17)21(26)13-18-7-8-20(31-3)24(33-25)22(18)27/h7-8,16-17,19,21,25H,5-6,9-15H2,1-4H3/t19-,21-,25-,26-,27+,28-/m1/s1. The van der Waals surface area contributed by atoms with E-state index in [1.807, 2.05) is 21.0 Å². The van der Waals surface area contributed by atoms with E-state index in [0.29, 0.717) is 11.8 Å². The number of Topliss-reactive ketones (excluding diaryl/α,β-unsaturated/α-hetero) is 1. The second kappa shape index (κ2) is 6.54. The lowest BCUT2D eigenvalue weighted by Crippen LogP contribution is -2.81. The van der Waals surface area contributed by atoms with Crippen LogP contribution >= 0.6 is 0 Å². The Morgan fingerprint density at radius 2 is 2.03 bits per heavy atom. The van der Waals surface area contributed by atoms with Gasteiger partial charge in [-0.15, -0.1) is 0 Å². The predicted octanol–water partition coefficient (Wildman–Crippen LogP) is 4.14. The van der Waals surface area contributed by atoms with Gasteiger partial charge in [0.05, 0.1) is 13.0 Å². The van der Waals surface area contributed by atoms with Gasteiger partial charge in [-0.1, -0.05) is 19.9 Å². The first kappa shape index (κ1) is 20.8. The first-order valence-electron chi connectivity index (χ1n) is 13.1. The second-order valence-corrected chi connectivity index (χ2v) is 12.1. The van der Waals surface area contributed by atoms with Crippen molar-refractivity contribution in [2.24, 2.45) is 23.2 Å². The van der Waals surface area contributed by atoms with Crippen molar-refractivity contribution in [1.29, 1.82) is 0 Å². The van der Waals surface area contributed by atoms with Crippen LogP contribution in [0.2, 0.25) is 0 Å². The van der Waals surface area contributed by atoms with Crippen molar-refractivity contribution in [3.63, 3.8) is 0 Å². The van der Waals surface area contributed by atoms with E-state index in [9.17, 15) is 4.79 Å². The SMILES string of the molecule is COc1ccc2c3c1O[C@H]1[C@@]4(OC)CC[C@@]5(C[C@@H]4C(=O)C(C)C)[C@@H](C2)N(CC2CC2)CC[C@]315. The van der Waals surface area contributed by atoms with Crippen LogP contribution in [-0.4, -0.2) is 55.7 Å². The van der Waals surface area contributed by atoms with Crippen LogP contribution in [0, 0.1) is 23.2 Å². The topological polar surface area (TPSA) is 48.0 Å². The van der Waals surface area contributed by atoms with Gasteiger partial charge in [0.2, 0.25) is 0 Å². The van der Waals surface area contributed by atoms with Crippen molar-refractivity contribution < 1.29 is 19.0 Å². The van der Waals surface area contributed by atoms with Crippen LogP contribution in [0.15, 0.2) is 12.1 Å². The number of rotatable bonds is 6. The Hall–Kier alpha value is -1.59. The van der Waals surface area contributed by atoms with Crippen LogP contribution in [0.4, 0.5) is 0 Å². The predicted molar refractivity (Wildman–Crippen MR) is 125 cm³/mol. The van der Waals surface area contributed by atoms with Crippen LogP contribution in [0.3, 0.4) is 0 Å². The van der Waals surface area contributed by atoms with E-state index in [1.54, 1.807) is 7.11 Å². The molecule has 5 heteroatoms. The maximum Gasteiger partial charge on any atom is 0.165 e. The minimum Gasteiger partial charge on any atom is -0.493 e. The molecule has 2 aliphatic heterocycles. The van der Waals surface area contributed by atoms with E-state index in [-0.39, 0.29) is 28.8 Å². The number of carbonyl (C=O) groups excluding carboxylic acids is 1. The molecule has 6 atom stereocenters. The van der Waals surface area contributed by atoms with E-state index < -0.39 is 5.60 Å². The van der Waals surface area contributed by atoms with E-state index in [0.717, 1.165) is 56.1 Å². The Labute approximate surface area is 197 Å². The number of hydrogen-bond acceptors (Lipinski definition) is 5. The van der Waals surface area contributed by atoms with E-state index in [4.69, 9.17) is 14.2 Å². The highest BCUT2D eigenvalue weighted by atomic mass is 16.6. The van der Waals surface area contributed by atoms with Crippen LogP contribution in [-0.2, 0) is 21.4 Å². The summed E-state index contributed by atoms with van der Waals surface area (Å²) in [5, 5.41) is 0. The zero-order valence-electron chi connectivity index (χ0n) is 20.5. The molecular formula is C28H37NO4. The van der Waals surface area contributed by atoms with Gasteiger partial charge in [0, 0.05) is 42.0 Å². The number of ketones is 1. The number of nitrogens with zero attached hydrogens (tertiary/aromatic N) is 1. The van der Waals surface area contributed by atoms with Gasteiger partial charge in [-0.3, -0.25) is 9.69 Å². The summed E-state index contributed by atoms with van der Waals surface area (Å²) in [5.41, 5.74) is 2.30. The Morgan fingerprint density at radius 3 is 2.73 bits per heavy atom. The number of ether oxygens (including phenoxy) is 3. The zero-order valence-corrected chi connectivity index (χ0v) is 20.5. The van der Waals surface area contributed by atoms with Crippen LogP contribution in [0.1, 0.15) is 63.5 Å². The number of fused-ring (bicyclic) bond motifs is 2. The van der Waals surface area contributed by atoms with Gasteiger partial charge in [-0.25, -0.2) is 0 Å². The normalized spacial score (nSPS) is 42.3. The second-order valence-electron chi connectivity index (χ2n) is 12.1. The maximum atomic E-state index is 13.7. The maximum absolute atomic E-state index is 13.7. The number of hydrogen-bond donors (Lipinski definition) is 0. The molecule has 5 nitrogen and oxygen atoms in total. The molecule has 0 aromatic heterocycles. The number of piperidine rings is 1. The van der Waals surface area contributed by atoms with Crippen molar-refractivity contribution >= 4 is 5.78 Å². The quantitative estimate of drug-likeness (QED) is 0.651. The van der Waals surface area contributed by atoms with Gasteiger partial charge in [0.15, 0.2) is 11.5 Å². The van der Waals surface area contributed by atoms with E-state index in [2.05, 4.69) is 17.0 Å². The van der Waals surface area contributed by atoms with Crippen molar-refractivity contribution in [1.82, 2.24) is 4.90 Å². The third-order valence-electron chi connectivity index (χ3n) is 10.8. The molecule has 5 fully saturated rings. The summed E-state index contributed by atoms with van der Waals surface area (Å²) < 4.78 is 19.3. The summed E-state index contributed by atoms with van der Waals surface area (Å²) in [4.78, 5) is 16.5. The Morgan fingerprint density at radius 1 is 1.21 bits per heavy atom. The summed E-state index contributed by atoms with van der Waals surface area (Å²) in [6.07, 6.45) is 7.81. The van der Waals surface area contributed by atoms with Gasteiger partial charge in [-0.05, 0) is 69.0 Å². The summed E-state index contributed by atoms with van der Waals surface area (Å²) in [6, 6.07) is 4.88. The Kier molecular flexibility index (Phi) is 4.11. The minimum atomic E-state index is -0.551. The van der Waals surface area contributed by atoms with Crippen LogP contribution in [0.25, 0.3) is 0 Å². The molecular weight excluding hydrogens is 414 g/mol. The molecule has 7 aliphatic rings. The number of methoxy groups -OCH3 is 2. The Balaban J connectivity index is 1.47. The van der Waals surface area contributed by atoms with Crippen LogP contribution in [0.5, 0.6) is 11.5 Å². The van der Waals surface area contributed by atoms with Gasteiger partial charge >= 0.3 is 0 Å². The summed E-state index contributed by atoms with van der Waals surface area (Å²) >= 11 is 0. The molecule has 2 spiro atoms. The average Bonchev–Trinajstić information content (AvgIpc) is 3.56. The summed E-state index contributed by atoms with van der Waals surface area (Å²) in [6.45, 7) is 6.45. The van der Waals surface area contributed by atoms with Crippen molar-refractivity contribution in [3.8, 4) is 11.5 Å². The minimum absolute atomic E-state index is 0.00796. The van der Waals surface area contributed by atoms with Crippen molar-refractivity contribution in [2.75, 3.05) is 27.3 Å². The van der Waals surface area contributed by atoms with Gasteiger partial charge in [0.1, 0.15) is 17.5 Å². The first-order valence-corrected chi connectivity index (χ1v) is 13.1. The molecule has 8 rings (SSSR count). The lowest BCUT2D eigenvalue weighted by atomic mass is 9.34. The Bertz CT molecular complexity index is 1030. The molecule has 0 unspecified atom stereocenters. The molecule has 1 saturated heterocycles. The molecule has 0 amide bonds. The van der Waals surface area contributed by atoms with Crippen LogP contribution < -0.4 is 9.47 Å². The van der Waals surface area contributed by atoms with Gasteiger partial charge < -0.3 is 14.2 Å². The fraction of sp³-hybridized carbons (Fsp3) is 0.750. The third-order valence-corrected chi connectivity index (χ3v) is 10.8. The monoisotopic (exact) mass is 451 g/mol. The zero-order chi connectivity index (χ0) is 22.8. The molecule has 2 heterocycles. The molecule has 178 valence electrons. The molecule has 5 aliphatic carbocycles. The molecule has 1 aromatic carbocycles. The molecule has 4 bridgehead atoms. The number of likely N-dealkylation sites (tertiary alicyclic amines) is 1. The summed E-state index contributed by atoms with van der Waals surface area (Å²) in [7, 11) is 3.56. The fourth-order valence-corrected chi connectivity index (χ4v) is 9.28. The number of benzene rings is 1. The lowest BCUT2D eigenvalue weighted by molar-refractivity contribution is -0.272. The molecule has 0 N–H and O–H groups in total. The van der Waals surface area contributed by atoms with E-state index in [1.165, 1.54) is 30.5 Å². The molecule has 33 heavy (non-hydrogen) atoms. The molecule has 0 radical (unpaired) electrons. The van der Waals surface area contributed by atoms with Crippen molar-refractivity contribution in [2.45, 2.75) is 82.0 Å². The average molecular weight is 452 g/mol. The highest BCUT2D eigenvalue weighted by Crippen LogP contribution is 2.76. The first-order chi connectivity index (χ1) is 15.9. The third kappa shape index (κ3) is 2.25. The summed E-state index contributed by atoms with van der Waals surface area (Å²) in [5.74, 6) is 2.92. The highest BCUT2D eigenvalue weighted by molar-refractivity contribution is 5.85. The van der Waals surface area contributed by atoms with E-state index >= 15 is 0 Å². The van der Waals surface area contributed by atoms with Gasteiger partial charge in [0.25, 0.3) is 0 Å². The molecule has 4 saturated carbocycles. The lowest BCUT2D eigenvalue weighted by Gasteiger charge is -2.73. The fourth-order valence-electron chi connectivity index (χ4n) is 9.28. The smallest absolute Gasteiger partial charge is 0.165 e. The number of carbonyl (C=O) groups is 1. The molecule has 1 aromatic rings.